The molecule has 1 aliphatic heterocycles. The number of carbonyl (C=O) groups is 1. The number of nitrogens with one attached hydrogen (secondary N) is 1. The van der Waals surface area contributed by atoms with Crippen LogP contribution in [0.15, 0.2) is 0 Å². The van der Waals surface area contributed by atoms with Crippen molar-refractivity contribution in [2.45, 2.75) is 46.0 Å². The van der Waals surface area contributed by atoms with E-state index in [4.69, 9.17) is 0 Å². The highest BCUT2D eigenvalue weighted by atomic mass is 16.2. The van der Waals surface area contributed by atoms with Gasteiger partial charge < -0.3 is 10.2 Å². The molecule has 0 radical (unpaired) electrons. The van der Waals surface area contributed by atoms with Crippen LogP contribution < -0.4 is 5.32 Å². The summed E-state index contributed by atoms with van der Waals surface area (Å²) in [7, 11) is 2.00. The van der Waals surface area contributed by atoms with Crippen LogP contribution in [0.3, 0.4) is 0 Å². The lowest BCUT2D eigenvalue weighted by Crippen LogP contribution is -2.48. The monoisotopic (exact) mass is 252 g/mol. The molecular formula is C15H28N2O. The Labute approximate surface area is 111 Å². The number of likely N-dealkylation sites (tertiary alicyclic amines) is 1. The number of rotatable bonds is 5. The first kappa shape index (κ1) is 13.9. The summed E-state index contributed by atoms with van der Waals surface area (Å²) >= 11 is 0. The molecule has 1 atom stereocenters. The van der Waals surface area contributed by atoms with Crippen LogP contribution in [-0.2, 0) is 4.79 Å². The topological polar surface area (TPSA) is 32.3 Å². The predicted molar refractivity (Wildman–Crippen MR) is 74.4 cm³/mol. The van der Waals surface area contributed by atoms with Crippen molar-refractivity contribution in [3.8, 4) is 0 Å². The second-order valence-corrected chi connectivity index (χ2v) is 6.70. The van der Waals surface area contributed by atoms with Gasteiger partial charge in [0.05, 0.1) is 0 Å². The first-order valence-corrected chi connectivity index (χ1v) is 7.51. The second-order valence-electron chi connectivity index (χ2n) is 6.70. The lowest BCUT2D eigenvalue weighted by atomic mass is 9.63. The van der Waals surface area contributed by atoms with Gasteiger partial charge in [-0.05, 0) is 51.1 Å². The highest BCUT2D eigenvalue weighted by Gasteiger charge is 2.47. The van der Waals surface area contributed by atoms with Crippen molar-refractivity contribution in [3.63, 3.8) is 0 Å². The molecule has 0 aromatic heterocycles. The van der Waals surface area contributed by atoms with E-state index in [9.17, 15) is 4.79 Å². The molecule has 2 fully saturated rings. The van der Waals surface area contributed by atoms with E-state index in [1.54, 1.807) is 0 Å². The molecular weight excluding hydrogens is 224 g/mol. The van der Waals surface area contributed by atoms with Gasteiger partial charge in [0, 0.05) is 18.5 Å². The number of hydrogen-bond donors (Lipinski definition) is 1. The van der Waals surface area contributed by atoms with Crippen LogP contribution in [0.25, 0.3) is 0 Å². The molecule has 1 N–H and O–H groups in total. The zero-order valence-electron chi connectivity index (χ0n) is 12.2. The average Bonchev–Trinajstić information content (AvgIpc) is 2.71. The van der Waals surface area contributed by atoms with E-state index in [2.05, 4.69) is 24.1 Å². The predicted octanol–water partition coefficient (Wildman–Crippen LogP) is 2.27. The highest BCUT2D eigenvalue weighted by molar-refractivity contribution is 5.83. The van der Waals surface area contributed by atoms with Gasteiger partial charge in [-0.15, -0.1) is 0 Å². The standard InChI is InChI=1S/C15H28N2O/c1-12(2)9-15(6-4-7-15)14(18)17-8-5-13(11-17)10-16-3/h12-13,16H,4-11H2,1-3H3. The Bertz CT molecular complexity index is 297. The normalized spacial score (nSPS) is 26.4. The Hall–Kier alpha value is -0.570. The third kappa shape index (κ3) is 2.71. The maximum Gasteiger partial charge on any atom is 0.228 e. The van der Waals surface area contributed by atoms with Crippen molar-refractivity contribution in [3.05, 3.63) is 0 Å². The summed E-state index contributed by atoms with van der Waals surface area (Å²) in [6, 6.07) is 0. The van der Waals surface area contributed by atoms with Gasteiger partial charge in [0.1, 0.15) is 0 Å². The van der Waals surface area contributed by atoms with E-state index in [1.165, 1.54) is 12.8 Å². The molecule has 1 aliphatic carbocycles. The van der Waals surface area contributed by atoms with Gasteiger partial charge in [0.15, 0.2) is 0 Å². The Morgan fingerprint density at radius 2 is 2.17 bits per heavy atom. The third-order valence-electron chi connectivity index (χ3n) is 4.63. The molecule has 1 saturated heterocycles. The van der Waals surface area contributed by atoms with Crippen LogP contribution >= 0.6 is 0 Å². The summed E-state index contributed by atoms with van der Waals surface area (Å²) in [5, 5.41) is 3.23. The summed E-state index contributed by atoms with van der Waals surface area (Å²) < 4.78 is 0. The van der Waals surface area contributed by atoms with Gasteiger partial charge in [-0.1, -0.05) is 20.3 Å². The van der Waals surface area contributed by atoms with Crippen molar-refractivity contribution in [1.82, 2.24) is 10.2 Å². The second kappa shape index (κ2) is 5.60. The van der Waals surface area contributed by atoms with Crippen LogP contribution in [0.1, 0.15) is 46.0 Å². The van der Waals surface area contributed by atoms with Gasteiger partial charge in [-0.2, -0.15) is 0 Å². The molecule has 2 aliphatic rings. The van der Waals surface area contributed by atoms with E-state index >= 15 is 0 Å². The maximum absolute atomic E-state index is 12.7. The summed E-state index contributed by atoms with van der Waals surface area (Å²) in [6.45, 7) is 7.47. The minimum absolute atomic E-state index is 0.0166. The minimum Gasteiger partial charge on any atom is -0.342 e. The van der Waals surface area contributed by atoms with Crippen LogP contribution in [-0.4, -0.2) is 37.5 Å². The van der Waals surface area contributed by atoms with Crippen LogP contribution in [0.5, 0.6) is 0 Å². The first-order valence-electron chi connectivity index (χ1n) is 7.51. The number of amides is 1. The lowest BCUT2D eigenvalue weighted by Gasteiger charge is -2.44. The number of nitrogens with zero attached hydrogens (tertiary/aromatic N) is 1. The lowest BCUT2D eigenvalue weighted by molar-refractivity contribution is -0.148. The summed E-state index contributed by atoms with van der Waals surface area (Å²) in [5.74, 6) is 1.75. The van der Waals surface area contributed by atoms with Crippen molar-refractivity contribution < 1.29 is 4.79 Å². The van der Waals surface area contributed by atoms with Crippen molar-refractivity contribution in [2.75, 3.05) is 26.7 Å². The van der Waals surface area contributed by atoms with E-state index in [0.29, 0.717) is 17.7 Å². The average molecular weight is 252 g/mol. The Balaban J connectivity index is 1.94. The SMILES string of the molecule is CNCC1CCN(C(=O)C2(CC(C)C)CCC2)C1. The molecule has 0 bridgehead atoms. The largest absolute Gasteiger partial charge is 0.342 e. The molecule has 2 rings (SSSR count). The molecule has 3 heteroatoms. The van der Waals surface area contributed by atoms with E-state index in [1.807, 2.05) is 7.05 Å². The molecule has 1 saturated carbocycles. The fraction of sp³-hybridized carbons (Fsp3) is 0.933. The summed E-state index contributed by atoms with van der Waals surface area (Å²) in [4.78, 5) is 14.9. The fourth-order valence-electron chi connectivity index (χ4n) is 3.70. The summed E-state index contributed by atoms with van der Waals surface area (Å²) in [5.41, 5.74) is 0.0166. The van der Waals surface area contributed by atoms with Crippen LogP contribution in [0.2, 0.25) is 0 Å². The van der Waals surface area contributed by atoms with E-state index < -0.39 is 0 Å². The fourth-order valence-corrected chi connectivity index (χ4v) is 3.70. The smallest absolute Gasteiger partial charge is 0.228 e. The first-order chi connectivity index (χ1) is 8.57. The Morgan fingerprint density at radius 1 is 1.44 bits per heavy atom. The van der Waals surface area contributed by atoms with Gasteiger partial charge in [-0.3, -0.25) is 4.79 Å². The molecule has 104 valence electrons. The van der Waals surface area contributed by atoms with Crippen LogP contribution in [0.4, 0.5) is 0 Å². The zero-order chi connectivity index (χ0) is 13.2. The maximum atomic E-state index is 12.7. The van der Waals surface area contributed by atoms with E-state index in [-0.39, 0.29) is 5.41 Å². The van der Waals surface area contributed by atoms with Crippen LogP contribution in [0, 0.1) is 17.3 Å². The van der Waals surface area contributed by atoms with E-state index in [0.717, 1.165) is 38.9 Å². The molecule has 0 spiro atoms. The molecule has 0 aromatic rings. The quantitative estimate of drug-likeness (QED) is 0.814. The zero-order valence-corrected chi connectivity index (χ0v) is 12.2. The van der Waals surface area contributed by atoms with Gasteiger partial charge in [-0.25, -0.2) is 0 Å². The summed E-state index contributed by atoms with van der Waals surface area (Å²) in [6.07, 6.45) is 5.74. The van der Waals surface area contributed by atoms with Gasteiger partial charge in [0.25, 0.3) is 0 Å². The van der Waals surface area contributed by atoms with Crippen molar-refractivity contribution >= 4 is 5.91 Å². The molecule has 1 amide bonds. The number of carbonyl (C=O) groups excluding carboxylic acids is 1. The third-order valence-corrected chi connectivity index (χ3v) is 4.63. The Kier molecular flexibility index (Phi) is 4.31. The Morgan fingerprint density at radius 3 is 2.67 bits per heavy atom. The molecule has 1 heterocycles. The number of hydrogen-bond acceptors (Lipinski definition) is 2. The molecule has 18 heavy (non-hydrogen) atoms. The molecule has 1 unspecified atom stereocenters. The minimum atomic E-state index is 0.0166. The van der Waals surface area contributed by atoms with Crippen molar-refractivity contribution in [2.24, 2.45) is 17.3 Å². The van der Waals surface area contributed by atoms with Crippen molar-refractivity contribution in [1.29, 1.82) is 0 Å². The van der Waals surface area contributed by atoms with Gasteiger partial charge >= 0.3 is 0 Å². The molecule has 3 nitrogen and oxygen atoms in total. The highest BCUT2D eigenvalue weighted by Crippen LogP contribution is 2.47. The van der Waals surface area contributed by atoms with Gasteiger partial charge in [0.2, 0.25) is 5.91 Å². The molecule has 0 aromatic carbocycles.